The summed E-state index contributed by atoms with van der Waals surface area (Å²) < 4.78 is 24.4. The van der Waals surface area contributed by atoms with Gasteiger partial charge in [-0.3, -0.25) is 9.69 Å². The first kappa shape index (κ1) is 20.7. The Morgan fingerprint density at radius 3 is 2.81 bits per heavy atom. The Bertz CT molecular complexity index is 1090. The van der Waals surface area contributed by atoms with Gasteiger partial charge in [0, 0.05) is 31.6 Å². The van der Waals surface area contributed by atoms with E-state index in [1.165, 1.54) is 35.6 Å². The average Bonchev–Trinajstić information content (AvgIpc) is 3.43. The summed E-state index contributed by atoms with van der Waals surface area (Å²) in [6.07, 6.45) is 1.11. The van der Waals surface area contributed by atoms with Gasteiger partial charge in [-0.15, -0.1) is 0 Å². The number of aliphatic hydroxyl groups excluding tert-OH is 1. The summed E-state index contributed by atoms with van der Waals surface area (Å²) in [5.74, 6) is -0.430. The third-order valence-corrected chi connectivity index (χ3v) is 6.28. The highest BCUT2D eigenvalue weighted by molar-refractivity contribution is 5.92. The van der Waals surface area contributed by atoms with Crippen LogP contribution in [-0.2, 0) is 13.0 Å². The van der Waals surface area contributed by atoms with Crippen molar-refractivity contribution in [2.24, 2.45) is 0 Å². The molecule has 2 aromatic carbocycles. The highest BCUT2D eigenvalue weighted by atomic mass is 19.1. The molecule has 1 amide bonds. The average molecular weight is 437 g/mol. The second-order valence-electron chi connectivity index (χ2n) is 8.28. The van der Waals surface area contributed by atoms with Crippen LogP contribution < -0.4 is 10.1 Å². The van der Waals surface area contributed by atoms with Crippen LogP contribution in [-0.4, -0.2) is 51.9 Å². The van der Waals surface area contributed by atoms with Crippen LogP contribution in [0, 0.1) is 5.82 Å². The lowest BCUT2D eigenvalue weighted by atomic mass is 9.97. The Kier molecular flexibility index (Phi) is 5.63. The van der Waals surface area contributed by atoms with Gasteiger partial charge in [-0.1, -0.05) is 35.5 Å². The first-order chi connectivity index (χ1) is 15.6. The lowest BCUT2D eigenvalue weighted by Crippen LogP contribution is -2.54. The Labute approximate surface area is 184 Å². The lowest BCUT2D eigenvalue weighted by Gasteiger charge is -2.38. The minimum Gasteiger partial charge on any atom is -0.487 e. The van der Waals surface area contributed by atoms with Crippen molar-refractivity contribution >= 4 is 5.91 Å². The van der Waals surface area contributed by atoms with Crippen LogP contribution in [0.3, 0.4) is 0 Å². The van der Waals surface area contributed by atoms with Crippen LogP contribution in [0.25, 0.3) is 0 Å². The van der Waals surface area contributed by atoms with Crippen molar-refractivity contribution in [2.75, 3.05) is 6.54 Å². The number of nitrogens with zero attached hydrogens (tertiary/aromatic N) is 2. The van der Waals surface area contributed by atoms with E-state index in [-0.39, 0.29) is 23.7 Å². The van der Waals surface area contributed by atoms with Gasteiger partial charge in [0.2, 0.25) is 0 Å². The third-order valence-electron chi connectivity index (χ3n) is 6.28. The number of rotatable bonds is 5. The fraction of sp³-hybridized carbons (Fsp3) is 0.333. The zero-order valence-electron chi connectivity index (χ0n) is 17.4. The molecule has 4 atom stereocenters. The third kappa shape index (κ3) is 4.11. The van der Waals surface area contributed by atoms with Crippen LogP contribution in [0.15, 0.2) is 65.4 Å². The number of halogens is 1. The van der Waals surface area contributed by atoms with Crippen LogP contribution >= 0.6 is 0 Å². The first-order valence-corrected chi connectivity index (χ1v) is 10.7. The van der Waals surface area contributed by atoms with E-state index in [2.05, 4.69) is 27.5 Å². The summed E-state index contributed by atoms with van der Waals surface area (Å²) in [5, 5.41) is 17.9. The van der Waals surface area contributed by atoms with Gasteiger partial charge in [0.05, 0.1) is 12.1 Å². The van der Waals surface area contributed by atoms with E-state index in [1.54, 1.807) is 12.1 Å². The van der Waals surface area contributed by atoms with Crippen molar-refractivity contribution in [2.45, 2.75) is 43.7 Å². The molecule has 8 heteroatoms. The van der Waals surface area contributed by atoms with Crippen LogP contribution in [0.4, 0.5) is 4.39 Å². The van der Waals surface area contributed by atoms with Gasteiger partial charge in [0.25, 0.3) is 5.91 Å². The molecule has 2 heterocycles. The summed E-state index contributed by atoms with van der Waals surface area (Å²) in [7, 11) is 0. The van der Waals surface area contributed by atoms with Crippen LogP contribution in [0.5, 0.6) is 5.75 Å². The number of aromatic nitrogens is 1. The Hall–Kier alpha value is -3.23. The SMILES string of the molecule is O=C(N[C@@H]1C[C@@H](Oc2cccc(F)c2)[C@H](O)[C@H]1N1CCc2ccccc2C1)c1ccon1. The maximum absolute atomic E-state index is 13.6. The van der Waals surface area contributed by atoms with Gasteiger partial charge in [0.1, 0.15) is 30.0 Å². The summed E-state index contributed by atoms with van der Waals surface area (Å²) in [4.78, 5) is 14.9. The zero-order chi connectivity index (χ0) is 22.1. The monoisotopic (exact) mass is 437 g/mol. The van der Waals surface area contributed by atoms with Crippen molar-refractivity contribution in [3.63, 3.8) is 0 Å². The molecule has 0 radical (unpaired) electrons. The zero-order valence-corrected chi connectivity index (χ0v) is 17.4. The number of aliphatic hydroxyl groups is 1. The van der Waals surface area contributed by atoms with E-state index in [1.807, 2.05) is 12.1 Å². The molecule has 2 aliphatic rings. The molecule has 1 aromatic heterocycles. The number of amides is 1. The highest BCUT2D eigenvalue weighted by Crippen LogP contribution is 2.32. The minimum absolute atomic E-state index is 0.178. The molecule has 0 spiro atoms. The minimum atomic E-state index is -0.869. The second-order valence-corrected chi connectivity index (χ2v) is 8.28. The second kappa shape index (κ2) is 8.72. The molecule has 32 heavy (non-hydrogen) atoms. The number of fused-ring (bicyclic) bond motifs is 1. The highest BCUT2D eigenvalue weighted by Gasteiger charge is 2.48. The molecule has 0 saturated heterocycles. The van der Waals surface area contributed by atoms with E-state index in [9.17, 15) is 14.3 Å². The van der Waals surface area contributed by atoms with E-state index in [0.29, 0.717) is 18.7 Å². The predicted octanol–water partition coefficient (Wildman–Crippen LogP) is 2.55. The van der Waals surface area contributed by atoms with E-state index >= 15 is 0 Å². The lowest BCUT2D eigenvalue weighted by molar-refractivity contribution is 0.00249. The topological polar surface area (TPSA) is 87.8 Å². The van der Waals surface area contributed by atoms with Crippen molar-refractivity contribution in [3.8, 4) is 5.75 Å². The number of carbonyl (C=O) groups is 1. The van der Waals surface area contributed by atoms with Gasteiger partial charge in [-0.05, 0) is 29.7 Å². The van der Waals surface area contributed by atoms with Gasteiger partial charge in [-0.25, -0.2) is 4.39 Å². The smallest absolute Gasteiger partial charge is 0.273 e. The van der Waals surface area contributed by atoms with Gasteiger partial charge < -0.3 is 19.7 Å². The normalized spacial score (nSPS) is 25.3. The first-order valence-electron chi connectivity index (χ1n) is 10.7. The number of nitrogens with one attached hydrogen (secondary N) is 1. The molecular weight excluding hydrogens is 413 g/mol. The maximum Gasteiger partial charge on any atom is 0.273 e. The number of hydrogen-bond acceptors (Lipinski definition) is 6. The molecule has 1 fully saturated rings. The largest absolute Gasteiger partial charge is 0.487 e. The van der Waals surface area contributed by atoms with Gasteiger partial charge in [-0.2, -0.15) is 0 Å². The van der Waals surface area contributed by atoms with Gasteiger partial charge >= 0.3 is 0 Å². The van der Waals surface area contributed by atoms with Crippen molar-refractivity contribution in [1.29, 1.82) is 0 Å². The van der Waals surface area contributed by atoms with Crippen LogP contribution in [0.1, 0.15) is 28.0 Å². The number of ether oxygens (including phenoxy) is 1. The van der Waals surface area contributed by atoms with E-state index in [0.717, 1.165) is 13.0 Å². The summed E-state index contributed by atoms with van der Waals surface area (Å²) in [6, 6.07) is 14.9. The Balaban J connectivity index is 1.39. The van der Waals surface area contributed by atoms with E-state index in [4.69, 9.17) is 9.26 Å². The van der Waals surface area contributed by atoms with Crippen molar-refractivity contribution in [1.82, 2.24) is 15.4 Å². The molecule has 0 unspecified atom stereocenters. The summed E-state index contributed by atoms with van der Waals surface area (Å²) in [6.45, 7) is 1.42. The molecule has 7 nitrogen and oxygen atoms in total. The van der Waals surface area contributed by atoms with Crippen LogP contribution in [0.2, 0.25) is 0 Å². The fourth-order valence-corrected chi connectivity index (χ4v) is 4.78. The molecule has 1 aliphatic heterocycles. The van der Waals surface area contributed by atoms with E-state index < -0.39 is 18.0 Å². The summed E-state index contributed by atoms with van der Waals surface area (Å²) in [5.41, 5.74) is 2.69. The molecule has 5 rings (SSSR count). The molecule has 1 saturated carbocycles. The number of benzene rings is 2. The van der Waals surface area contributed by atoms with Gasteiger partial charge in [0.15, 0.2) is 5.69 Å². The fourth-order valence-electron chi connectivity index (χ4n) is 4.78. The standard InChI is InChI=1S/C24H24FN3O4/c25-17-6-3-7-18(12-17)32-21-13-20(26-24(30)19-9-11-31-27-19)22(23(21)29)28-10-8-15-4-1-2-5-16(15)14-28/h1-7,9,11-12,20-23,29H,8,10,13-14H2,(H,26,30)/t20-,21-,22+,23+/m1/s1. The molecule has 3 aromatic rings. The predicted molar refractivity (Wildman–Crippen MR) is 114 cm³/mol. The molecule has 1 aliphatic carbocycles. The molecule has 166 valence electrons. The quantitative estimate of drug-likeness (QED) is 0.638. The summed E-state index contributed by atoms with van der Waals surface area (Å²) >= 11 is 0. The van der Waals surface area contributed by atoms with Crippen molar-refractivity contribution in [3.05, 3.63) is 83.5 Å². The maximum atomic E-state index is 13.6. The Morgan fingerprint density at radius 2 is 2.03 bits per heavy atom. The molecule has 2 N–H and O–H groups in total. The number of carbonyl (C=O) groups excluding carboxylic acids is 1. The molecular formula is C24H24FN3O4. The van der Waals surface area contributed by atoms with Crippen molar-refractivity contribution < 1.29 is 23.6 Å². The number of hydrogen-bond donors (Lipinski definition) is 2. The Morgan fingerprint density at radius 1 is 1.19 bits per heavy atom. The molecule has 0 bridgehead atoms.